The fourth-order valence-corrected chi connectivity index (χ4v) is 3.75. The molecular formula is C24H20FN3O. The van der Waals surface area contributed by atoms with Crippen LogP contribution in [0.2, 0.25) is 0 Å². The number of hydrogen-bond donors (Lipinski definition) is 0. The Kier molecular flexibility index (Phi) is 4.16. The summed E-state index contributed by atoms with van der Waals surface area (Å²) in [5, 5.41) is 4.00. The quantitative estimate of drug-likeness (QED) is 0.450. The lowest BCUT2D eigenvalue weighted by Gasteiger charge is -2.17. The number of nitrogens with zero attached hydrogens (tertiary/aromatic N) is 3. The molecule has 0 spiro atoms. The topological polar surface area (TPSA) is 39.9 Å². The minimum Gasteiger partial charge on any atom is -0.456 e. The van der Waals surface area contributed by atoms with Gasteiger partial charge in [0.1, 0.15) is 11.5 Å². The van der Waals surface area contributed by atoms with Gasteiger partial charge in [0, 0.05) is 23.9 Å². The van der Waals surface area contributed by atoms with E-state index in [1.54, 1.807) is 18.5 Å². The maximum Gasteiger partial charge on any atom is 0.189 e. The van der Waals surface area contributed by atoms with Gasteiger partial charge in [-0.2, -0.15) is 5.10 Å². The third kappa shape index (κ3) is 3.29. The summed E-state index contributed by atoms with van der Waals surface area (Å²) in [6.45, 7) is 2.11. The van der Waals surface area contributed by atoms with Gasteiger partial charge in [0.2, 0.25) is 0 Å². The van der Waals surface area contributed by atoms with Crippen LogP contribution in [0.3, 0.4) is 0 Å². The molecule has 0 radical (unpaired) electrons. The van der Waals surface area contributed by atoms with Crippen molar-refractivity contribution in [1.82, 2.24) is 14.8 Å². The first kappa shape index (κ1) is 17.6. The van der Waals surface area contributed by atoms with Gasteiger partial charge in [-0.3, -0.25) is 0 Å². The highest BCUT2D eigenvalue weighted by molar-refractivity contribution is 5.47. The van der Waals surface area contributed by atoms with Gasteiger partial charge in [-0.15, -0.1) is 0 Å². The first-order valence-corrected chi connectivity index (χ1v) is 9.65. The lowest BCUT2D eigenvalue weighted by atomic mass is 9.88. The van der Waals surface area contributed by atoms with E-state index in [0.29, 0.717) is 11.5 Å². The van der Waals surface area contributed by atoms with Crippen molar-refractivity contribution in [2.45, 2.75) is 25.2 Å². The molecule has 5 rings (SSSR count). The molecule has 4 aromatic rings. The first-order valence-electron chi connectivity index (χ1n) is 9.65. The summed E-state index contributed by atoms with van der Waals surface area (Å²) in [6.07, 6.45) is 7.03. The Bertz CT molecular complexity index is 1130. The van der Waals surface area contributed by atoms with Crippen molar-refractivity contribution in [1.29, 1.82) is 0 Å². The molecule has 1 aliphatic carbocycles. The van der Waals surface area contributed by atoms with E-state index < -0.39 is 5.82 Å². The van der Waals surface area contributed by atoms with Crippen LogP contribution in [0.15, 0.2) is 79.3 Å². The van der Waals surface area contributed by atoms with Crippen molar-refractivity contribution in [3.63, 3.8) is 0 Å². The fraction of sp³-hybridized carbons (Fsp3) is 0.167. The summed E-state index contributed by atoms with van der Waals surface area (Å²) in [4.78, 5) is 4.13. The van der Waals surface area contributed by atoms with Gasteiger partial charge in [0.15, 0.2) is 11.6 Å². The SMILES string of the molecule is Cc1ccc(C2(c3ccc(Oc4cnc(-n5cccn5)c(F)c4)cc3)CC2)cc1. The van der Waals surface area contributed by atoms with Gasteiger partial charge in [-0.05, 0) is 49.1 Å². The van der Waals surface area contributed by atoms with Crippen LogP contribution in [0, 0.1) is 12.7 Å². The minimum absolute atomic E-state index is 0.116. The number of hydrogen-bond acceptors (Lipinski definition) is 3. The summed E-state index contributed by atoms with van der Waals surface area (Å²) in [5.74, 6) is 0.665. The molecule has 4 nitrogen and oxygen atoms in total. The van der Waals surface area contributed by atoms with Gasteiger partial charge in [0.25, 0.3) is 0 Å². The third-order valence-corrected chi connectivity index (χ3v) is 5.51. The minimum atomic E-state index is -0.487. The van der Waals surface area contributed by atoms with E-state index in [2.05, 4.69) is 53.4 Å². The second-order valence-electron chi connectivity index (χ2n) is 7.50. The van der Waals surface area contributed by atoms with Crippen LogP contribution < -0.4 is 4.74 Å². The summed E-state index contributed by atoms with van der Waals surface area (Å²) < 4.78 is 21.5. The van der Waals surface area contributed by atoms with E-state index in [0.717, 1.165) is 12.8 Å². The predicted molar refractivity (Wildman–Crippen MR) is 109 cm³/mol. The van der Waals surface area contributed by atoms with Crippen molar-refractivity contribution in [2.24, 2.45) is 0 Å². The van der Waals surface area contributed by atoms with E-state index in [1.165, 1.54) is 33.6 Å². The van der Waals surface area contributed by atoms with Crippen molar-refractivity contribution in [3.8, 4) is 17.3 Å². The summed E-state index contributed by atoms with van der Waals surface area (Å²) >= 11 is 0. The lowest BCUT2D eigenvalue weighted by molar-refractivity contribution is 0.471. The predicted octanol–water partition coefficient (Wildman–Crippen LogP) is 5.59. The molecule has 0 aliphatic heterocycles. The van der Waals surface area contributed by atoms with Crippen LogP contribution in [-0.2, 0) is 5.41 Å². The standard InChI is InChI=1S/C24H20FN3O/c1-17-3-5-18(6-4-17)24(11-12-24)19-7-9-20(10-8-19)29-21-15-22(25)23(26-16-21)28-14-2-13-27-28/h2-10,13-16H,11-12H2,1H3. The number of ether oxygens (including phenoxy) is 1. The van der Waals surface area contributed by atoms with Crippen molar-refractivity contribution in [2.75, 3.05) is 0 Å². The molecule has 0 amide bonds. The van der Waals surface area contributed by atoms with Crippen molar-refractivity contribution in [3.05, 3.63) is 102 Å². The van der Waals surface area contributed by atoms with Crippen LogP contribution >= 0.6 is 0 Å². The molecule has 2 aromatic carbocycles. The average molecular weight is 385 g/mol. The fourth-order valence-electron chi connectivity index (χ4n) is 3.75. The number of halogens is 1. The Balaban J connectivity index is 1.35. The maximum absolute atomic E-state index is 14.4. The Labute approximate surface area is 168 Å². The van der Waals surface area contributed by atoms with Crippen LogP contribution in [0.1, 0.15) is 29.5 Å². The second-order valence-corrected chi connectivity index (χ2v) is 7.50. The molecule has 0 saturated heterocycles. The van der Waals surface area contributed by atoms with Crippen LogP contribution in [-0.4, -0.2) is 14.8 Å². The van der Waals surface area contributed by atoms with Gasteiger partial charge in [-0.1, -0.05) is 42.0 Å². The normalized spacial score (nSPS) is 14.6. The van der Waals surface area contributed by atoms with E-state index in [9.17, 15) is 4.39 Å². The van der Waals surface area contributed by atoms with Gasteiger partial charge in [-0.25, -0.2) is 14.1 Å². The smallest absolute Gasteiger partial charge is 0.189 e. The highest BCUT2D eigenvalue weighted by Crippen LogP contribution is 2.53. The van der Waals surface area contributed by atoms with Gasteiger partial charge in [0.05, 0.1) is 6.20 Å². The molecule has 1 aliphatic rings. The molecular weight excluding hydrogens is 365 g/mol. The molecule has 0 N–H and O–H groups in total. The number of pyridine rings is 1. The molecule has 2 heterocycles. The molecule has 144 valence electrons. The van der Waals surface area contributed by atoms with Crippen molar-refractivity contribution < 1.29 is 9.13 Å². The van der Waals surface area contributed by atoms with E-state index in [1.807, 2.05) is 12.1 Å². The van der Waals surface area contributed by atoms with Crippen LogP contribution in [0.4, 0.5) is 4.39 Å². The molecule has 0 unspecified atom stereocenters. The first-order chi connectivity index (χ1) is 14.1. The maximum atomic E-state index is 14.4. The highest BCUT2D eigenvalue weighted by atomic mass is 19.1. The zero-order valence-corrected chi connectivity index (χ0v) is 16.0. The molecule has 0 bridgehead atoms. The number of aryl methyl sites for hydroxylation is 1. The lowest BCUT2D eigenvalue weighted by Crippen LogP contribution is -2.08. The molecule has 5 heteroatoms. The molecule has 1 saturated carbocycles. The third-order valence-electron chi connectivity index (χ3n) is 5.51. The molecule has 1 fully saturated rings. The van der Waals surface area contributed by atoms with Crippen molar-refractivity contribution >= 4 is 0 Å². The molecule has 2 aromatic heterocycles. The zero-order valence-electron chi connectivity index (χ0n) is 16.0. The van der Waals surface area contributed by atoms with Crippen LogP contribution in [0.5, 0.6) is 11.5 Å². The van der Waals surface area contributed by atoms with Gasteiger partial charge >= 0.3 is 0 Å². The number of aromatic nitrogens is 3. The monoisotopic (exact) mass is 385 g/mol. The summed E-state index contributed by atoms with van der Waals surface area (Å²) in [6, 6.07) is 19.9. The second kappa shape index (κ2) is 6.85. The number of benzene rings is 2. The average Bonchev–Trinajstić information content (AvgIpc) is 3.36. The van der Waals surface area contributed by atoms with Gasteiger partial charge < -0.3 is 4.74 Å². The Hall–Kier alpha value is -3.47. The van der Waals surface area contributed by atoms with E-state index in [4.69, 9.17) is 4.74 Å². The van der Waals surface area contributed by atoms with E-state index in [-0.39, 0.29) is 11.2 Å². The molecule has 0 atom stereocenters. The Morgan fingerprint density at radius 2 is 1.66 bits per heavy atom. The zero-order chi connectivity index (χ0) is 19.8. The largest absolute Gasteiger partial charge is 0.456 e. The van der Waals surface area contributed by atoms with E-state index >= 15 is 0 Å². The Morgan fingerprint density at radius 1 is 0.966 bits per heavy atom. The summed E-state index contributed by atoms with van der Waals surface area (Å²) in [7, 11) is 0. The Morgan fingerprint density at radius 3 is 2.24 bits per heavy atom. The summed E-state index contributed by atoms with van der Waals surface area (Å²) in [5.41, 5.74) is 4.03. The number of rotatable bonds is 5. The molecule has 29 heavy (non-hydrogen) atoms. The van der Waals surface area contributed by atoms with Crippen LogP contribution in [0.25, 0.3) is 5.82 Å². The highest BCUT2D eigenvalue weighted by Gasteiger charge is 2.45.